The van der Waals surface area contributed by atoms with Crippen LogP contribution in [0, 0.1) is 0 Å². The first-order valence-corrected chi connectivity index (χ1v) is 13.1. The molecule has 0 N–H and O–H groups in total. The third kappa shape index (κ3) is 5.59. The van der Waals surface area contributed by atoms with E-state index in [2.05, 4.69) is 8.85 Å². The van der Waals surface area contributed by atoms with Crippen molar-refractivity contribution >= 4 is 15.7 Å². The lowest BCUT2D eigenvalue weighted by atomic mass is 10.3. The lowest BCUT2D eigenvalue weighted by Gasteiger charge is -2.39. The molecule has 0 aliphatic rings. The summed E-state index contributed by atoms with van der Waals surface area (Å²) in [5, 5.41) is 0. The van der Waals surface area contributed by atoms with Crippen molar-refractivity contribution in [3.63, 3.8) is 0 Å². The number of rotatable bonds is 7. The average Bonchev–Trinajstić information content (AvgIpc) is 2.30. The Balaban J connectivity index is 5.28. The smallest absolute Gasteiger partial charge is 0.390 e. The second-order valence-corrected chi connectivity index (χ2v) is 20.4. The fourth-order valence-electron chi connectivity index (χ4n) is 1.10. The molecule has 0 saturated carbocycles. The Bertz CT molecular complexity index is 397. The van der Waals surface area contributed by atoms with Gasteiger partial charge in [0.2, 0.25) is 0 Å². The van der Waals surface area contributed by atoms with Crippen molar-refractivity contribution in [1.82, 2.24) is 0 Å². The van der Waals surface area contributed by atoms with Crippen LogP contribution in [-0.4, -0.2) is 53.1 Å². The van der Waals surface area contributed by atoms with Gasteiger partial charge in [0, 0.05) is 0 Å². The maximum absolute atomic E-state index is 12.9. The molecule has 0 unspecified atom stereocenters. The molecule has 0 aromatic heterocycles. The lowest BCUT2D eigenvalue weighted by molar-refractivity contribution is -0.295. The molecule has 0 fully saturated rings. The van der Waals surface area contributed by atoms with Crippen molar-refractivity contribution in [2.45, 2.75) is 50.4 Å². The summed E-state index contributed by atoms with van der Waals surface area (Å²) in [6.45, 7) is 0.518. The number of hydrogen-bond acceptors (Lipinski definition) is 2. The Hall–Kier alpha value is -0.346. The summed E-state index contributed by atoms with van der Waals surface area (Å²) in [5.41, 5.74) is 0. The molecule has 0 saturated heterocycles. The van der Waals surface area contributed by atoms with Crippen LogP contribution < -0.4 is 0 Å². The molecule has 0 amide bonds. The van der Waals surface area contributed by atoms with Gasteiger partial charge in [-0.1, -0.05) is 19.6 Å². The Morgan fingerprint density at radius 1 is 0.583 bits per heavy atom. The molecule has 0 spiro atoms. The molecular weight excluding hydrogens is 398 g/mol. The molecule has 24 heavy (non-hydrogen) atoms. The van der Waals surface area contributed by atoms with Crippen molar-refractivity contribution in [1.29, 1.82) is 0 Å². The summed E-state index contributed by atoms with van der Waals surface area (Å²) in [5.74, 6) is -10.6. The van der Waals surface area contributed by atoms with E-state index in [9.17, 15) is 43.9 Å². The van der Waals surface area contributed by atoms with Crippen LogP contribution in [0.15, 0.2) is 0 Å². The first-order chi connectivity index (χ1) is 10.2. The normalized spacial score (nSPS) is 15.8. The largest absolute Gasteiger partial charge is 0.455 e. The maximum atomic E-state index is 12.9. The zero-order valence-electron chi connectivity index (χ0n) is 13.0. The zero-order chi connectivity index (χ0) is 19.8. The van der Waals surface area contributed by atoms with Crippen LogP contribution in [0.2, 0.25) is 26.2 Å². The van der Waals surface area contributed by atoms with E-state index in [4.69, 9.17) is 0 Å². The van der Waals surface area contributed by atoms with E-state index in [1.54, 1.807) is 0 Å². The van der Waals surface area contributed by atoms with Gasteiger partial charge < -0.3 is 8.85 Å². The van der Waals surface area contributed by atoms with Gasteiger partial charge in [-0.3, -0.25) is 0 Å². The van der Waals surface area contributed by atoms with Gasteiger partial charge in [0.05, 0.1) is 0 Å². The quantitative estimate of drug-likeness (QED) is 0.436. The highest BCUT2D eigenvalue weighted by Crippen LogP contribution is 2.39. The molecule has 0 atom stereocenters. The fourth-order valence-corrected chi connectivity index (χ4v) is 5.99. The Labute approximate surface area is 133 Å². The van der Waals surface area contributed by atoms with Gasteiger partial charge in [-0.2, -0.15) is 43.9 Å². The van der Waals surface area contributed by atoms with Crippen molar-refractivity contribution in [2.24, 2.45) is 0 Å². The van der Waals surface area contributed by atoms with Gasteiger partial charge in [-0.25, -0.2) is 0 Å². The van der Waals surface area contributed by atoms with Crippen molar-refractivity contribution < 1.29 is 52.8 Å². The molecule has 0 rings (SSSR count). The molecule has 0 heterocycles. The highest BCUT2D eigenvalue weighted by molar-refractivity contribution is 7.35. The molecule has 0 aromatic rings. The van der Waals surface area contributed by atoms with Crippen LogP contribution in [0.25, 0.3) is 0 Å². The van der Waals surface area contributed by atoms with E-state index < -0.39 is 53.1 Å². The zero-order valence-corrected chi connectivity index (χ0v) is 15.0. The molecule has 0 aliphatic heterocycles. The van der Waals surface area contributed by atoms with E-state index in [0.29, 0.717) is 0 Å². The van der Waals surface area contributed by atoms with Gasteiger partial charge in [0.25, 0.3) is 0 Å². The van der Waals surface area contributed by atoms with Crippen LogP contribution in [0.3, 0.4) is 0 Å². The van der Waals surface area contributed by atoms with Gasteiger partial charge in [-0.15, -0.1) is 0 Å². The molecule has 0 bridgehead atoms. The highest BCUT2D eigenvalue weighted by Gasteiger charge is 2.62. The molecule has 0 aliphatic carbocycles. The summed E-state index contributed by atoms with van der Waals surface area (Å²) in [6.07, 6.45) is -11.9. The van der Waals surface area contributed by atoms with E-state index >= 15 is 0 Å². The summed E-state index contributed by atoms with van der Waals surface area (Å²) in [4.78, 5) is 0. The molecule has 0 radical (unpaired) electrons. The van der Waals surface area contributed by atoms with Crippen LogP contribution in [0.5, 0.6) is 0 Å². The summed E-state index contributed by atoms with van der Waals surface area (Å²) in [7, 11) is -7.08. The highest BCUT2D eigenvalue weighted by atomic mass is 29.3. The lowest BCUT2D eigenvalue weighted by Crippen LogP contribution is -2.63. The molecule has 0 aromatic carbocycles. The molecule has 2 nitrogen and oxygen atoms in total. The summed E-state index contributed by atoms with van der Waals surface area (Å²) >= 11 is 0. The van der Waals surface area contributed by atoms with E-state index in [1.807, 2.05) is 0 Å². The predicted molar refractivity (Wildman–Crippen MR) is 68.9 cm³/mol. The van der Waals surface area contributed by atoms with Gasteiger partial charge in [0.1, 0.15) is 20.8 Å². The minimum atomic E-state index is -5.95. The van der Waals surface area contributed by atoms with Crippen molar-refractivity contribution in [2.75, 3.05) is 13.2 Å². The van der Waals surface area contributed by atoms with E-state index in [0.717, 1.165) is 6.55 Å². The van der Waals surface area contributed by atoms with E-state index in [1.165, 1.54) is 19.6 Å². The molecular formula is C10H16F10O2Si2. The minimum absolute atomic E-state index is 0.901. The SMILES string of the molecule is C[Si](C)(C)[Si](C)(OCC(F)(F)C(F)(F)F)OCC(F)(F)C(F)(F)F. The second-order valence-electron chi connectivity index (χ2n) is 6.18. The second kappa shape index (κ2) is 6.76. The molecule has 146 valence electrons. The third-order valence-electron chi connectivity index (χ3n) is 3.25. The fraction of sp³-hybridized carbons (Fsp3) is 1.00. The topological polar surface area (TPSA) is 18.5 Å². The minimum Gasteiger partial charge on any atom is -0.390 e. The van der Waals surface area contributed by atoms with Gasteiger partial charge >= 0.3 is 32.3 Å². The van der Waals surface area contributed by atoms with Gasteiger partial charge in [-0.05, 0) is 6.55 Å². The standard InChI is InChI=1S/C10H16F10O2Si2/c1-23(2,3)24(4,21-5-7(11,12)9(15,16)17)22-6-8(13,14)10(18,19)20/h5-6H2,1-4H3. The predicted octanol–water partition coefficient (Wildman–Crippen LogP) is 4.90. The van der Waals surface area contributed by atoms with Crippen molar-refractivity contribution in [3.05, 3.63) is 0 Å². The first kappa shape index (κ1) is 23.7. The average molecular weight is 414 g/mol. The Morgan fingerprint density at radius 3 is 1.00 bits per heavy atom. The Morgan fingerprint density at radius 2 is 0.833 bits per heavy atom. The number of hydrogen-bond donors (Lipinski definition) is 0. The summed E-state index contributed by atoms with van der Waals surface area (Å²) < 4.78 is 133. The van der Waals surface area contributed by atoms with Crippen LogP contribution in [0.1, 0.15) is 0 Å². The number of alkyl halides is 10. The third-order valence-corrected chi connectivity index (χ3v) is 16.4. The first-order valence-electron chi connectivity index (χ1n) is 6.33. The van der Waals surface area contributed by atoms with Crippen LogP contribution in [0.4, 0.5) is 43.9 Å². The summed E-state index contributed by atoms with van der Waals surface area (Å²) in [6, 6.07) is 0. The maximum Gasteiger partial charge on any atom is 0.455 e. The van der Waals surface area contributed by atoms with Crippen LogP contribution >= 0.6 is 0 Å². The van der Waals surface area contributed by atoms with Crippen molar-refractivity contribution in [3.8, 4) is 0 Å². The molecule has 14 heteroatoms. The monoisotopic (exact) mass is 414 g/mol. The van der Waals surface area contributed by atoms with Gasteiger partial charge in [0.15, 0.2) is 0 Å². The number of halogens is 10. The Kier molecular flexibility index (Phi) is 6.66. The van der Waals surface area contributed by atoms with Crippen LogP contribution in [-0.2, 0) is 8.85 Å². The van der Waals surface area contributed by atoms with E-state index in [-0.39, 0.29) is 0 Å².